The van der Waals surface area contributed by atoms with Gasteiger partial charge in [0, 0.05) is 54.7 Å². The van der Waals surface area contributed by atoms with E-state index in [1.54, 1.807) is 6.07 Å². The molecule has 1 aromatic heterocycles. The van der Waals surface area contributed by atoms with Crippen molar-refractivity contribution in [1.82, 2.24) is 4.98 Å². The second kappa shape index (κ2) is 9.15. The average Bonchev–Trinajstić information content (AvgIpc) is 2.77. The molecular weight excluding hydrogens is 394 g/mol. The summed E-state index contributed by atoms with van der Waals surface area (Å²) in [5, 5.41) is 0. The van der Waals surface area contributed by atoms with Crippen LogP contribution >= 0.6 is 0 Å². The third-order valence-corrected chi connectivity index (χ3v) is 6.75. The first kappa shape index (κ1) is 22.1. The molecule has 0 radical (unpaired) electrons. The van der Waals surface area contributed by atoms with Crippen LogP contribution in [0, 0.1) is 5.92 Å². The van der Waals surface area contributed by atoms with Crippen molar-refractivity contribution >= 4 is 18.0 Å². The number of hydrogen-bond donors (Lipinski definition) is 1. The van der Waals surface area contributed by atoms with Gasteiger partial charge in [-0.3, -0.25) is 9.79 Å². The summed E-state index contributed by atoms with van der Waals surface area (Å²) in [5.74, 6) is 0.284. The van der Waals surface area contributed by atoms with Crippen molar-refractivity contribution in [3.8, 4) is 0 Å². The molecule has 32 heavy (non-hydrogen) atoms. The van der Waals surface area contributed by atoms with E-state index in [-0.39, 0.29) is 11.5 Å². The van der Waals surface area contributed by atoms with Crippen molar-refractivity contribution < 1.29 is 0 Å². The van der Waals surface area contributed by atoms with E-state index in [9.17, 15) is 4.79 Å². The predicted octanol–water partition coefficient (Wildman–Crippen LogP) is 5.67. The molecule has 2 aliphatic rings. The highest BCUT2D eigenvalue weighted by atomic mass is 16.1. The molecule has 2 atom stereocenters. The summed E-state index contributed by atoms with van der Waals surface area (Å²) in [7, 11) is 0. The van der Waals surface area contributed by atoms with Crippen LogP contribution in [0.4, 0.5) is 5.69 Å². The maximum absolute atomic E-state index is 12.0. The lowest BCUT2D eigenvalue weighted by Gasteiger charge is -2.45. The van der Waals surface area contributed by atoms with Crippen LogP contribution in [0.15, 0.2) is 75.6 Å². The minimum absolute atomic E-state index is 0.0430. The molecule has 4 heteroatoms. The summed E-state index contributed by atoms with van der Waals surface area (Å²) in [6.45, 7) is 10.6. The van der Waals surface area contributed by atoms with Gasteiger partial charge in [0.1, 0.15) is 5.54 Å². The Hall–Kier alpha value is -3.14. The topological polar surface area (TPSA) is 48.5 Å². The number of pyridine rings is 1. The molecule has 0 spiro atoms. The molecule has 0 fully saturated rings. The van der Waals surface area contributed by atoms with Crippen LogP contribution in [0.2, 0.25) is 0 Å². The third-order valence-electron chi connectivity index (χ3n) is 6.75. The van der Waals surface area contributed by atoms with E-state index < -0.39 is 5.54 Å². The van der Waals surface area contributed by atoms with Gasteiger partial charge < -0.3 is 9.88 Å². The van der Waals surface area contributed by atoms with Crippen LogP contribution in [-0.2, 0) is 12.0 Å². The standard InChI is InChI=1S/C28H33N3O/c1-5-24-22-16-20(4)19-28(24,25-13-14-27(32)30-26(25)18-22)29-15-9-11-21-10-8-12-23(17-21)31(6-2)7-3/h5,8-17,22H,6-7,18-19H2,1-4H3,(H,30,32)/b11-9+,24-5+,29-15+. The normalized spacial score (nSPS) is 23.6. The Balaban J connectivity index is 1.69. The van der Waals surface area contributed by atoms with Crippen LogP contribution in [0.3, 0.4) is 0 Å². The van der Waals surface area contributed by atoms with Crippen molar-refractivity contribution in [2.24, 2.45) is 10.9 Å². The Kier molecular flexibility index (Phi) is 6.31. The van der Waals surface area contributed by atoms with E-state index in [0.717, 1.165) is 42.8 Å². The SMILES string of the molecule is C/C=C1\C2C=C(C)CC1(/N=C/C=C/c1cccc(N(CC)CC)c1)c1ccc(=O)[nH]c1C2. The zero-order valence-electron chi connectivity index (χ0n) is 19.6. The minimum atomic E-state index is -0.441. The quantitative estimate of drug-likeness (QED) is 0.477. The number of rotatable bonds is 6. The fraction of sp³-hybridized carbons (Fsp3) is 0.357. The number of allylic oxidation sites excluding steroid dienone is 3. The van der Waals surface area contributed by atoms with Gasteiger partial charge in [0.2, 0.25) is 5.56 Å². The summed E-state index contributed by atoms with van der Waals surface area (Å²) in [4.78, 5) is 22.6. The molecule has 4 nitrogen and oxygen atoms in total. The van der Waals surface area contributed by atoms with E-state index in [1.807, 2.05) is 18.4 Å². The molecule has 0 amide bonds. The van der Waals surface area contributed by atoms with E-state index in [0.29, 0.717) is 0 Å². The first-order valence-corrected chi connectivity index (χ1v) is 11.6. The van der Waals surface area contributed by atoms with E-state index >= 15 is 0 Å². The van der Waals surface area contributed by atoms with Crippen LogP contribution in [0.25, 0.3) is 6.08 Å². The van der Waals surface area contributed by atoms with Gasteiger partial charge in [-0.05, 0) is 69.5 Å². The molecule has 0 saturated carbocycles. The largest absolute Gasteiger partial charge is 0.372 e. The summed E-state index contributed by atoms with van der Waals surface area (Å²) < 4.78 is 0. The molecule has 1 aromatic carbocycles. The highest BCUT2D eigenvalue weighted by Gasteiger charge is 2.46. The smallest absolute Gasteiger partial charge is 0.248 e. The maximum Gasteiger partial charge on any atom is 0.248 e. The number of nitrogens with one attached hydrogen (secondary N) is 1. The summed E-state index contributed by atoms with van der Waals surface area (Å²) in [6.07, 6.45) is 12.3. The van der Waals surface area contributed by atoms with E-state index in [4.69, 9.17) is 4.99 Å². The first-order chi connectivity index (χ1) is 15.5. The van der Waals surface area contributed by atoms with Crippen molar-refractivity contribution in [3.05, 3.63) is 92.9 Å². The Labute approximate surface area is 191 Å². The van der Waals surface area contributed by atoms with Crippen LogP contribution in [0.5, 0.6) is 0 Å². The van der Waals surface area contributed by atoms with Gasteiger partial charge >= 0.3 is 0 Å². The van der Waals surface area contributed by atoms with Gasteiger partial charge in [0.05, 0.1) is 0 Å². The number of H-pyrrole nitrogens is 1. The number of anilines is 1. The molecule has 2 unspecified atom stereocenters. The van der Waals surface area contributed by atoms with Crippen molar-refractivity contribution in [2.45, 2.75) is 46.1 Å². The van der Waals surface area contributed by atoms with Gasteiger partial charge in [-0.15, -0.1) is 0 Å². The lowest BCUT2D eigenvalue weighted by Crippen LogP contribution is -2.40. The molecule has 1 heterocycles. The van der Waals surface area contributed by atoms with Gasteiger partial charge in [-0.1, -0.05) is 35.9 Å². The molecule has 0 aliphatic heterocycles. The van der Waals surface area contributed by atoms with Gasteiger partial charge in [0.25, 0.3) is 0 Å². The molecule has 2 aliphatic carbocycles. The van der Waals surface area contributed by atoms with Crippen LogP contribution < -0.4 is 10.5 Å². The lowest BCUT2D eigenvalue weighted by molar-refractivity contribution is 0.413. The number of aromatic amines is 1. The maximum atomic E-state index is 12.0. The zero-order valence-corrected chi connectivity index (χ0v) is 19.6. The Morgan fingerprint density at radius 3 is 2.78 bits per heavy atom. The summed E-state index contributed by atoms with van der Waals surface area (Å²) in [5.41, 5.74) is 6.75. The van der Waals surface area contributed by atoms with Crippen LogP contribution in [0.1, 0.15) is 50.9 Å². The zero-order chi connectivity index (χ0) is 22.7. The number of aliphatic imine (C=N–C) groups is 1. The minimum Gasteiger partial charge on any atom is -0.372 e. The van der Waals surface area contributed by atoms with Crippen molar-refractivity contribution in [3.63, 3.8) is 0 Å². The third kappa shape index (κ3) is 4.02. The molecule has 166 valence electrons. The highest BCUT2D eigenvalue weighted by molar-refractivity contribution is 5.80. The van der Waals surface area contributed by atoms with Crippen molar-refractivity contribution in [2.75, 3.05) is 18.0 Å². The molecule has 0 saturated heterocycles. The Bertz CT molecular complexity index is 1160. The summed E-state index contributed by atoms with van der Waals surface area (Å²) >= 11 is 0. The van der Waals surface area contributed by atoms with Crippen LogP contribution in [-0.4, -0.2) is 24.3 Å². The summed E-state index contributed by atoms with van der Waals surface area (Å²) in [6, 6.07) is 12.2. The van der Waals surface area contributed by atoms with E-state index in [1.165, 1.54) is 16.8 Å². The lowest BCUT2D eigenvalue weighted by atomic mass is 9.63. The molecule has 2 bridgehead atoms. The number of aromatic nitrogens is 1. The Morgan fingerprint density at radius 1 is 1.22 bits per heavy atom. The Morgan fingerprint density at radius 2 is 2.03 bits per heavy atom. The average molecular weight is 428 g/mol. The predicted molar refractivity (Wildman–Crippen MR) is 136 cm³/mol. The first-order valence-electron chi connectivity index (χ1n) is 11.6. The van der Waals surface area contributed by atoms with Gasteiger partial charge in [-0.2, -0.15) is 0 Å². The monoisotopic (exact) mass is 427 g/mol. The van der Waals surface area contributed by atoms with Crippen molar-refractivity contribution in [1.29, 1.82) is 0 Å². The second-order valence-electron chi connectivity index (χ2n) is 8.72. The second-order valence-corrected chi connectivity index (χ2v) is 8.72. The number of benzene rings is 1. The molecule has 1 N–H and O–H groups in total. The fourth-order valence-electron chi connectivity index (χ4n) is 5.39. The number of hydrogen-bond acceptors (Lipinski definition) is 3. The molecular formula is C28H33N3O. The van der Waals surface area contributed by atoms with E-state index in [2.05, 4.69) is 80.1 Å². The number of nitrogens with zero attached hydrogens (tertiary/aromatic N) is 2. The fourth-order valence-corrected chi connectivity index (χ4v) is 5.39. The highest BCUT2D eigenvalue weighted by Crippen LogP contribution is 2.51. The molecule has 4 rings (SSSR count). The van der Waals surface area contributed by atoms with Gasteiger partial charge in [-0.25, -0.2) is 0 Å². The molecule has 2 aromatic rings. The van der Waals surface area contributed by atoms with Gasteiger partial charge in [0.15, 0.2) is 0 Å². The number of fused-ring (bicyclic) bond motifs is 4.